The maximum atomic E-state index is 12.3. The average molecular weight is 273 g/mol. The van der Waals surface area contributed by atoms with Crippen molar-refractivity contribution in [3.63, 3.8) is 0 Å². The van der Waals surface area contributed by atoms with Crippen molar-refractivity contribution in [2.75, 3.05) is 0 Å². The van der Waals surface area contributed by atoms with E-state index < -0.39 is 0 Å². The zero-order valence-electron chi connectivity index (χ0n) is 10.9. The highest BCUT2D eigenvalue weighted by Crippen LogP contribution is 2.25. The van der Waals surface area contributed by atoms with Crippen molar-refractivity contribution < 1.29 is 5.11 Å². The molecule has 20 heavy (non-hydrogen) atoms. The summed E-state index contributed by atoms with van der Waals surface area (Å²) in [5.74, 6) is -0.359. The second-order valence-electron chi connectivity index (χ2n) is 4.10. The molecule has 0 saturated heterocycles. The summed E-state index contributed by atoms with van der Waals surface area (Å²) in [5, 5.41) is 17.8. The number of fused-ring (bicyclic) bond motifs is 1. The first-order valence-electron chi connectivity index (χ1n) is 6.02. The maximum Gasteiger partial charge on any atom is 0.263 e. The van der Waals surface area contributed by atoms with E-state index in [1.165, 1.54) is 0 Å². The molecule has 1 heterocycles. The standard InChI is InChI=1S/C13H15N5O2/c1-2-18-10-6-4-3-5-8(10)11(19)9(12(18)20)7-16-17-13(14)15/h3-7,19H,2H2,1H3,(H4,14,15,17). The summed E-state index contributed by atoms with van der Waals surface area (Å²) in [6, 6.07) is 7.09. The third-order valence-corrected chi connectivity index (χ3v) is 2.86. The summed E-state index contributed by atoms with van der Waals surface area (Å²) in [6.45, 7) is 2.32. The quantitative estimate of drug-likeness (QED) is 0.424. The SMILES string of the molecule is CCn1c(=O)c(C=NN=C(N)N)c(O)c2ccccc21. The van der Waals surface area contributed by atoms with Crippen molar-refractivity contribution in [3.8, 4) is 5.75 Å². The molecule has 0 radical (unpaired) electrons. The minimum absolute atomic E-state index is 0.0514. The molecule has 7 nitrogen and oxygen atoms in total. The van der Waals surface area contributed by atoms with Crippen molar-refractivity contribution >= 4 is 23.1 Å². The zero-order valence-corrected chi connectivity index (χ0v) is 10.9. The number of hydrogen-bond acceptors (Lipinski definition) is 4. The molecule has 2 aromatic rings. The van der Waals surface area contributed by atoms with Crippen LogP contribution in [-0.4, -0.2) is 21.8 Å². The van der Waals surface area contributed by atoms with Crippen molar-refractivity contribution in [2.24, 2.45) is 21.7 Å². The summed E-state index contributed by atoms with van der Waals surface area (Å²) in [7, 11) is 0. The van der Waals surface area contributed by atoms with Crippen molar-refractivity contribution in [3.05, 3.63) is 40.2 Å². The highest BCUT2D eigenvalue weighted by atomic mass is 16.3. The van der Waals surface area contributed by atoms with Crippen LogP contribution in [0.3, 0.4) is 0 Å². The predicted octanol–water partition coefficient (Wildman–Crippen LogP) is 0.334. The number of guanidine groups is 1. The third kappa shape index (κ3) is 2.33. The molecule has 0 unspecified atom stereocenters. The Labute approximate surface area is 114 Å². The van der Waals surface area contributed by atoms with E-state index in [-0.39, 0.29) is 22.8 Å². The summed E-state index contributed by atoms with van der Waals surface area (Å²) in [4.78, 5) is 12.3. The van der Waals surface area contributed by atoms with Crippen LogP contribution in [0.15, 0.2) is 39.3 Å². The Kier molecular flexibility index (Phi) is 3.69. The summed E-state index contributed by atoms with van der Waals surface area (Å²) >= 11 is 0. The van der Waals surface area contributed by atoms with E-state index in [0.29, 0.717) is 17.4 Å². The van der Waals surface area contributed by atoms with Gasteiger partial charge in [-0.3, -0.25) is 4.79 Å². The van der Waals surface area contributed by atoms with Gasteiger partial charge in [0.05, 0.1) is 11.7 Å². The molecule has 1 aromatic carbocycles. The second-order valence-corrected chi connectivity index (χ2v) is 4.10. The fraction of sp³-hybridized carbons (Fsp3) is 0.154. The number of aromatic nitrogens is 1. The lowest BCUT2D eigenvalue weighted by Gasteiger charge is -2.11. The van der Waals surface area contributed by atoms with Crippen LogP contribution in [0.1, 0.15) is 12.5 Å². The molecular formula is C13H15N5O2. The molecule has 0 fully saturated rings. The lowest BCUT2D eigenvalue weighted by atomic mass is 10.1. The van der Waals surface area contributed by atoms with Crippen molar-refractivity contribution in [2.45, 2.75) is 13.5 Å². The molecule has 0 aliphatic heterocycles. The number of para-hydroxylation sites is 1. The number of nitrogens with zero attached hydrogens (tertiary/aromatic N) is 3. The van der Waals surface area contributed by atoms with Gasteiger partial charge >= 0.3 is 0 Å². The largest absolute Gasteiger partial charge is 0.506 e. The number of aryl methyl sites for hydroxylation is 1. The Balaban J connectivity index is 2.75. The van der Waals surface area contributed by atoms with Gasteiger partial charge in [0.25, 0.3) is 5.56 Å². The molecule has 2 rings (SSSR count). The van der Waals surface area contributed by atoms with E-state index in [9.17, 15) is 9.90 Å². The monoisotopic (exact) mass is 273 g/mol. The van der Waals surface area contributed by atoms with Gasteiger partial charge in [-0.2, -0.15) is 5.10 Å². The maximum absolute atomic E-state index is 12.3. The molecule has 0 atom stereocenters. The van der Waals surface area contributed by atoms with E-state index in [1.54, 1.807) is 28.8 Å². The number of rotatable bonds is 3. The first-order valence-corrected chi connectivity index (χ1v) is 6.02. The van der Waals surface area contributed by atoms with Gasteiger partial charge in [0, 0.05) is 11.9 Å². The highest BCUT2D eigenvalue weighted by Gasteiger charge is 2.13. The average Bonchev–Trinajstić information content (AvgIpc) is 2.43. The van der Waals surface area contributed by atoms with E-state index in [4.69, 9.17) is 11.5 Å². The Morgan fingerprint density at radius 3 is 2.75 bits per heavy atom. The van der Waals surface area contributed by atoms with Crippen LogP contribution in [0, 0.1) is 0 Å². The summed E-state index contributed by atoms with van der Waals surface area (Å²) in [5.41, 5.74) is 10.7. The van der Waals surface area contributed by atoms with Gasteiger partial charge in [-0.25, -0.2) is 0 Å². The number of hydrogen-bond donors (Lipinski definition) is 3. The van der Waals surface area contributed by atoms with Gasteiger partial charge in [-0.15, -0.1) is 5.10 Å². The van der Waals surface area contributed by atoms with E-state index in [1.807, 2.05) is 6.92 Å². The second kappa shape index (κ2) is 5.43. The fourth-order valence-corrected chi connectivity index (χ4v) is 1.99. The Bertz CT molecular complexity index is 757. The van der Waals surface area contributed by atoms with Gasteiger partial charge in [0.2, 0.25) is 5.96 Å². The lowest BCUT2D eigenvalue weighted by molar-refractivity contribution is 0.478. The van der Waals surface area contributed by atoms with Crippen molar-refractivity contribution in [1.29, 1.82) is 0 Å². The van der Waals surface area contributed by atoms with E-state index in [0.717, 1.165) is 6.21 Å². The number of aromatic hydroxyl groups is 1. The molecule has 0 saturated carbocycles. The molecular weight excluding hydrogens is 258 g/mol. The molecule has 5 N–H and O–H groups in total. The van der Waals surface area contributed by atoms with Crippen LogP contribution in [0.2, 0.25) is 0 Å². The summed E-state index contributed by atoms with van der Waals surface area (Å²) < 4.78 is 1.55. The lowest BCUT2D eigenvalue weighted by Crippen LogP contribution is -2.24. The number of benzene rings is 1. The van der Waals surface area contributed by atoms with E-state index in [2.05, 4.69) is 10.2 Å². The van der Waals surface area contributed by atoms with Crippen LogP contribution in [-0.2, 0) is 6.54 Å². The van der Waals surface area contributed by atoms with Crippen LogP contribution in [0.5, 0.6) is 5.75 Å². The van der Waals surface area contributed by atoms with Crippen molar-refractivity contribution in [1.82, 2.24) is 4.57 Å². The van der Waals surface area contributed by atoms with Crippen LogP contribution in [0.4, 0.5) is 0 Å². The fourth-order valence-electron chi connectivity index (χ4n) is 1.99. The van der Waals surface area contributed by atoms with Gasteiger partial charge in [0.15, 0.2) is 0 Å². The first-order chi connectivity index (χ1) is 9.56. The zero-order chi connectivity index (χ0) is 14.7. The third-order valence-electron chi connectivity index (χ3n) is 2.86. The molecule has 0 bridgehead atoms. The molecule has 0 aliphatic carbocycles. The molecule has 0 aliphatic rings. The minimum atomic E-state index is -0.349. The molecule has 0 amide bonds. The first kappa shape index (κ1) is 13.6. The minimum Gasteiger partial charge on any atom is -0.506 e. The van der Waals surface area contributed by atoms with Gasteiger partial charge in [0.1, 0.15) is 11.3 Å². The van der Waals surface area contributed by atoms with Crippen LogP contribution < -0.4 is 17.0 Å². The number of pyridine rings is 1. The Morgan fingerprint density at radius 2 is 2.10 bits per heavy atom. The Hall–Kier alpha value is -2.83. The molecule has 7 heteroatoms. The van der Waals surface area contributed by atoms with Crippen LogP contribution >= 0.6 is 0 Å². The smallest absolute Gasteiger partial charge is 0.263 e. The Morgan fingerprint density at radius 1 is 1.40 bits per heavy atom. The molecule has 1 aromatic heterocycles. The molecule has 0 spiro atoms. The highest BCUT2D eigenvalue weighted by molar-refractivity contribution is 5.95. The molecule has 104 valence electrons. The number of nitrogens with two attached hydrogens (primary N) is 2. The van der Waals surface area contributed by atoms with Gasteiger partial charge in [-0.05, 0) is 19.1 Å². The van der Waals surface area contributed by atoms with Gasteiger partial charge in [-0.1, -0.05) is 12.1 Å². The normalized spacial score (nSPS) is 11.1. The van der Waals surface area contributed by atoms with Crippen LogP contribution in [0.25, 0.3) is 10.9 Å². The topological polar surface area (TPSA) is 119 Å². The van der Waals surface area contributed by atoms with E-state index >= 15 is 0 Å². The van der Waals surface area contributed by atoms with Gasteiger partial charge < -0.3 is 21.1 Å². The predicted molar refractivity (Wildman–Crippen MR) is 79.0 cm³/mol. The summed E-state index contributed by atoms with van der Waals surface area (Å²) in [6.07, 6.45) is 1.15.